The van der Waals surface area contributed by atoms with Crippen LogP contribution in [0.3, 0.4) is 0 Å². The molecule has 2 aromatic rings. The molecule has 130 valence electrons. The minimum Gasteiger partial charge on any atom is -0.478 e. The lowest BCUT2D eigenvalue weighted by molar-refractivity contribution is 0.0697. The molecule has 0 saturated carbocycles. The summed E-state index contributed by atoms with van der Waals surface area (Å²) in [5, 5.41) is 10.4. The standard InChI is InChI=1S/C21H29NO2/c1-2-3-4-5-6-7-9-15-10-8-11-18-20(15)17-13-12-16(21(23)24)14-19(17)22-18/h12-15,22H,2-11H2,1H3,(H,23,24). The highest BCUT2D eigenvalue weighted by molar-refractivity contribution is 5.95. The Morgan fingerprint density at radius 3 is 2.79 bits per heavy atom. The van der Waals surface area contributed by atoms with Gasteiger partial charge in [-0.3, -0.25) is 0 Å². The molecule has 1 aliphatic rings. The Hall–Kier alpha value is -1.77. The van der Waals surface area contributed by atoms with E-state index in [4.69, 9.17) is 0 Å². The van der Waals surface area contributed by atoms with Crippen molar-refractivity contribution < 1.29 is 9.90 Å². The van der Waals surface area contributed by atoms with E-state index in [1.807, 2.05) is 6.07 Å². The molecule has 2 N–H and O–H groups in total. The number of aromatic amines is 1. The van der Waals surface area contributed by atoms with E-state index in [1.54, 1.807) is 12.1 Å². The van der Waals surface area contributed by atoms with E-state index < -0.39 is 5.97 Å². The van der Waals surface area contributed by atoms with Gasteiger partial charge in [0, 0.05) is 16.6 Å². The molecule has 0 saturated heterocycles. The van der Waals surface area contributed by atoms with Crippen molar-refractivity contribution >= 4 is 16.9 Å². The second kappa shape index (κ2) is 7.87. The normalized spacial score (nSPS) is 17.1. The first-order valence-electron chi connectivity index (χ1n) is 9.58. The Bertz CT molecular complexity index is 701. The third-order valence-corrected chi connectivity index (χ3v) is 5.46. The zero-order valence-corrected chi connectivity index (χ0v) is 14.7. The van der Waals surface area contributed by atoms with Crippen molar-refractivity contribution in [3.05, 3.63) is 35.0 Å². The third-order valence-electron chi connectivity index (χ3n) is 5.46. The number of H-pyrrole nitrogens is 1. The fourth-order valence-corrected chi connectivity index (χ4v) is 4.20. The van der Waals surface area contributed by atoms with Gasteiger partial charge in [-0.2, -0.15) is 0 Å². The van der Waals surface area contributed by atoms with Crippen LogP contribution >= 0.6 is 0 Å². The van der Waals surface area contributed by atoms with Crippen molar-refractivity contribution in [3.8, 4) is 0 Å². The molecule has 1 aromatic carbocycles. The quantitative estimate of drug-likeness (QED) is 0.581. The summed E-state index contributed by atoms with van der Waals surface area (Å²) in [5.74, 6) is -0.211. The number of aromatic nitrogens is 1. The van der Waals surface area contributed by atoms with Crippen LogP contribution in [-0.2, 0) is 6.42 Å². The van der Waals surface area contributed by atoms with Crippen LogP contribution in [0.2, 0.25) is 0 Å². The van der Waals surface area contributed by atoms with E-state index >= 15 is 0 Å². The molecule has 1 atom stereocenters. The minimum atomic E-state index is -0.854. The fraction of sp³-hybridized carbons (Fsp3) is 0.571. The topological polar surface area (TPSA) is 53.1 Å². The van der Waals surface area contributed by atoms with Crippen molar-refractivity contribution in [1.82, 2.24) is 4.98 Å². The van der Waals surface area contributed by atoms with Crippen LogP contribution in [0, 0.1) is 0 Å². The van der Waals surface area contributed by atoms with Gasteiger partial charge in [-0.05, 0) is 49.3 Å². The summed E-state index contributed by atoms with van der Waals surface area (Å²) in [7, 11) is 0. The highest BCUT2D eigenvalue weighted by atomic mass is 16.4. The molecule has 0 fully saturated rings. The van der Waals surface area contributed by atoms with Gasteiger partial charge in [-0.1, -0.05) is 51.5 Å². The third kappa shape index (κ3) is 3.66. The zero-order valence-electron chi connectivity index (χ0n) is 14.7. The van der Waals surface area contributed by atoms with Gasteiger partial charge in [0.2, 0.25) is 0 Å². The van der Waals surface area contributed by atoms with E-state index in [1.165, 1.54) is 74.4 Å². The van der Waals surface area contributed by atoms with Gasteiger partial charge in [0.05, 0.1) is 5.56 Å². The van der Waals surface area contributed by atoms with Crippen molar-refractivity contribution in [3.63, 3.8) is 0 Å². The highest BCUT2D eigenvalue weighted by Crippen LogP contribution is 2.40. The van der Waals surface area contributed by atoms with Crippen molar-refractivity contribution in [2.75, 3.05) is 0 Å². The predicted octanol–water partition coefficient (Wildman–Crippen LogP) is 6.04. The molecule has 0 spiro atoms. The number of rotatable bonds is 8. The van der Waals surface area contributed by atoms with Gasteiger partial charge in [0.15, 0.2) is 0 Å². The molecule has 0 radical (unpaired) electrons. The minimum absolute atomic E-state index is 0.369. The van der Waals surface area contributed by atoms with E-state index in [9.17, 15) is 9.90 Å². The first kappa shape index (κ1) is 17.1. The highest BCUT2D eigenvalue weighted by Gasteiger charge is 2.24. The Kier molecular flexibility index (Phi) is 5.60. The summed E-state index contributed by atoms with van der Waals surface area (Å²) in [6, 6.07) is 5.54. The Morgan fingerprint density at radius 1 is 1.21 bits per heavy atom. The Morgan fingerprint density at radius 2 is 2.00 bits per heavy atom. The number of carboxylic acid groups (broad SMARTS) is 1. The lowest BCUT2D eigenvalue weighted by Crippen LogP contribution is -2.08. The Balaban J connectivity index is 1.72. The second-order valence-electron chi connectivity index (χ2n) is 7.23. The molecular formula is C21H29NO2. The molecule has 1 aromatic heterocycles. The number of nitrogens with one attached hydrogen (secondary N) is 1. The monoisotopic (exact) mass is 327 g/mol. The van der Waals surface area contributed by atoms with Gasteiger partial charge < -0.3 is 10.1 Å². The molecule has 3 nitrogen and oxygen atoms in total. The summed E-state index contributed by atoms with van der Waals surface area (Å²) >= 11 is 0. The summed E-state index contributed by atoms with van der Waals surface area (Å²) in [5.41, 5.74) is 4.18. The largest absolute Gasteiger partial charge is 0.478 e. The maximum absolute atomic E-state index is 11.2. The summed E-state index contributed by atoms with van der Waals surface area (Å²) in [6.07, 6.45) is 12.9. The average molecular weight is 327 g/mol. The number of carbonyl (C=O) groups is 1. The fourth-order valence-electron chi connectivity index (χ4n) is 4.20. The zero-order chi connectivity index (χ0) is 16.9. The number of benzene rings is 1. The number of hydrogen-bond acceptors (Lipinski definition) is 1. The molecular weight excluding hydrogens is 298 g/mol. The number of aryl methyl sites for hydroxylation is 1. The van der Waals surface area contributed by atoms with Gasteiger partial charge in [-0.25, -0.2) is 4.79 Å². The number of unbranched alkanes of at least 4 members (excludes halogenated alkanes) is 5. The molecule has 1 heterocycles. The van der Waals surface area contributed by atoms with Gasteiger partial charge in [0.1, 0.15) is 0 Å². The van der Waals surface area contributed by atoms with Crippen molar-refractivity contribution in [2.24, 2.45) is 0 Å². The summed E-state index contributed by atoms with van der Waals surface area (Å²) < 4.78 is 0. The lowest BCUT2D eigenvalue weighted by Gasteiger charge is -2.23. The van der Waals surface area contributed by atoms with Crippen LogP contribution in [0.25, 0.3) is 10.9 Å². The van der Waals surface area contributed by atoms with E-state index in [2.05, 4.69) is 11.9 Å². The molecule has 1 aliphatic carbocycles. The van der Waals surface area contributed by atoms with Crippen molar-refractivity contribution in [1.29, 1.82) is 0 Å². The van der Waals surface area contributed by atoms with Crippen LogP contribution in [0.4, 0.5) is 0 Å². The van der Waals surface area contributed by atoms with Crippen LogP contribution in [0.15, 0.2) is 18.2 Å². The van der Waals surface area contributed by atoms with E-state index in [0.29, 0.717) is 11.5 Å². The number of carboxylic acids is 1. The summed E-state index contributed by atoms with van der Waals surface area (Å²) in [6.45, 7) is 2.26. The molecule has 0 aliphatic heterocycles. The molecule has 0 amide bonds. The van der Waals surface area contributed by atoms with Crippen LogP contribution in [0.5, 0.6) is 0 Å². The lowest BCUT2D eigenvalue weighted by atomic mass is 9.82. The molecule has 0 bridgehead atoms. The first-order chi connectivity index (χ1) is 11.7. The van der Waals surface area contributed by atoms with Gasteiger partial charge in [-0.15, -0.1) is 0 Å². The average Bonchev–Trinajstić information content (AvgIpc) is 2.96. The maximum atomic E-state index is 11.2. The number of fused-ring (bicyclic) bond motifs is 3. The number of aromatic carboxylic acids is 1. The smallest absolute Gasteiger partial charge is 0.335 e. The SMILES string of the molecule is CCCCCCCCC1CCCc2[nH]c3cc(C(=O)O)ccc3c21. The summed E-state index contributed by atoms with van der Waals surface area (Å²) in [4.78, 5) is 14.7. The predicted molar refractivity (Wildman–Crippen MR) is 98.9 cm³/mol. The Labute approximate surface area is 144 Å². The van der Waals surface area contributed by atoms with Gasteiger partial charge in [0.25, 0.3) is 0 Å². The van der Waals surface area contributed by atoms with Gasteiger partial charge >= 0.3 is 5.97 Å². The second-order valence-corrected chi connectivity index (χ2v) is 7.23. The number of hydrogen-bond donors (Lipinski definition) is 2. The van der Waals surface area contributed by atoms with E-state index in [0.717, 1.165) is 11.9 Å². The molecule has 3 heteroatoms. The molecule has 3 rings (SSSR count). The molecule has 1 unspecified atom stereocenters. The molecule has 24 heavy (non-hydrogen) atoms. The first-order valence-corrected chi connectivity index (χ1v) is 9.58. The van der Waals surface area contributed by atoms with E-state index in [-0.39, 0.29) is 0 Å². The van der Waals surface area contributed by atoms with Crippen LogP contribution in [-0.4, -0.2) is 16.1 Å². The van der Waals surface area contributed by atoms with Crippen LogP contribution in [0.1, 0.15) is 92.2 Å². The maximum Gasteiger partial charge on any atom is 0.335 e. The van der Waals surface area contributed by atoms with Crippen LogP contribution < -0.4 is 0 Å². The van der Waals surface area contributed by atoms with Crippen molar-refractivity contribution in [2.45, 2.75) is 77.0 Å².